The van der Waals surface area contributed by atoms with Gasteiger partial charge in [0.05, 0.1) is 31.2 Å². The number of halogens is 1. The van der Waals surface area contributed by atoms with Gasteiger partial charge < -0.3 is 19.3 Å². The first-order chi connectivity index (χ1) is 17.5. The zero-order chi connectivity index (χ0) is 25.4. The van der Waals surface area contributed by atoms with Crippen molar-refractivity contribution in [2.24, 2.45) is 0 Å². The number of ether oxygens (including phenoxy) is 3. The summed E-state index contributed by atoms with van der Waals surface area (Å²) in [7, 11) is 3.14. The first-order valence-electron chi connectivity index (χ1n) is 11.3. The second kappa shape index (κ2) is 9.46. The van der Waals surface area contributed by atoms with Crippen molar-refractivity contribution in [3.8, 4) is 17.6 Å². The third kappa shape index (κ3) is 3.88. The van der Waals surface area contributed by atoms with E-state index in [1.165, 1.54) is 12.1 Å². The zero-order valence-corrected chi connectivity index (χ0v) is 20.1. The highest BCUT2D eigenvalue weighted by atomic mass is 19.1. The van der Waals surface area contributed by atoms with Gasteiger partial charge in [-0.15, -0.1) is 0 Å². The van der Waals surface area contributed by atoms with Crippen molar-refractivity contribution in [1.82, 2.24) is 9.38 Å². The molecule has 0 fully saturated rings. The summed E-state index contributed by atoms with van der Waals surface area (Å²) in [6.07, 6.45) is 0.785. The van der Waals surface area contributed by atoms with Gasteiger partial charge in [-0.3, -0.25) is 4.40 Å². The fourth-order valence-electron chi connectivity index (χ4n) is 4.69. The van der Waals surface area contributed by atoms with Crippen LogP contribution >= 0.6 is 0 Å². The molecular weight excluding hydrogens is 461 g/mol. The normalized spacial score (nSPS) is 14.8. The number of hydrogen-bond donors (Lipinski definition) is 1. The van der Waals surface area contributed by atoms with Crippen molar-refractivity contribution in [3.63, 3.8) is 0 Å². The number of rotatable bonds is 5. The predicted octanol–water partition coefficient (Wildman–Crippen LogP) is 4.95. The molecule has 0 radical (unpaired) electrons. The Kier molecular flexibility index (Phi) is 6.18. The fourth-order valence-corrected chi connectivity index (χ4v) is 4.69. The minimum absolute atomic E-state index is 0.153. The van der Waals surface area contributed by atoms with Crippen LogP contribution in [0.15, 0.2) is 60.3 Å². The number of allylic oxidation sites excluding steroid dienone is 1. The van der Waals surface area contributed by atoms with E-state index in [0.29, 0.717) is 50.8 Å². The predicted molar refractivity (Wildman–Crippen MR) is 131 cm³/mol. The number of fused-ring (bicyclic) bond motifs is 3. The van der Waals surface area contributed by atoms with Crippen LogP contribution in [-0.4, -0.2) is 28.7 Å². The molecule has 2 aromatic heterocycles. The summed E-state index contributed by atoms with van der Waals surface area (Å²) < 4.78 is 32.5. The third-order valence-electron chi connectivity index (χ3n) is 6.34. The molecule has 3 heterocycles. The Balaban J connectivity index is 1.65. The van der Waals surface area contributed by atoms with Crippen molar-refractivity contribution in [1.29, 1.82) is 5.26 Å². The lowest BCUT2D eigenvalue weighted by Crippen LogP contribution is -2.09. The maximum absolute atomic E-state index is 14.0. The smallest absolute Gasteiger partial charge is 0.180 e. The van der Waals surface area contributed by atoms with Gasteiger partial charge in [-0.25, -0.2) is 9.37 Å². The molecule has 7 nitrogen and oxygen atoms in total. The number of nitrogens with zero attached hydrogens (tertiary/aromatic N) is 3. The van der Waals surface area contributed by atoms with Crippen LogP contribution in [0.4, 0.5) is 4.39 Å². The van der Waals surface area contributed by atoms with E-state index >= 15 is 0 Å². The summed E-state index contributed by atoms with van der Waals surface area (Å²) in [6.45, 7) is 2.09. The second-order valence-electron chi connectivity index (χ2n) is 8.51. The summed E-state index contributed by atoms with van der Waals surface area (Å²) in [5.74, 6) is 0.531. The average Bonchev–Trinajstić information content (AvgIpc) is 3.18. The molecular formula is C28H24FN3O4. The Morgan fingerprint density at radius 1 is 1.22 bits per heavy atom. The van der Waals surface area contributed by atoms with Crippen molar-refractivity contribution >= 4 is 11.2 Å². The van der Waals surface area contributed by atoms with Crippen molar-refractivity contribution in [2.45, 2.75) is 26.2 Å². The molecule has 0 aliphatic carbocycles. The van der Waals surface area contributed by atoms with Gasteiger partial charge in [0.1, 0.15) is 24.3 Å². The highest BCUT2D eigenvalue weighted by Gasteiger charge is 2.26. The molecule has 1 N–H and O–H groups in total. The Morgan fingerprint density at radius 2 is 2.03 bits per heavy atom. The molecule has 1 atom stereocenters. The number of aliphatic hydroxyl groups excluding tert-OH is 1. The highest BCUT2D eigenvalue weighted by molar-refractivity contribution is 5.88. The van der Waals surface area contributed by atoms with Gasteiger partial charge in [0.25, 0.3) is 0 Å². The van der Waals surface area contributed by atoms with Crippen LogP contribution in [-0.2, 0) is 18.0 Å². The number of nitriles is 1. The molecule has 1 unspecified atom stereocenters. The monoisotopic (exact) mass is 485 g/mol. The number of aromatic nitrogens is 2. The standard InChI is InChI=1S/C28H24FN3O4/c1-16(13-30)25-20-8-6-17(11-18(20)14-36-24-12-19(29)7-9-21(24)25)27(33)26-22(15-34-2)31-28-23(35-3)5-4-10-32(26)28/h4-12,27,33H,14-15H2,1-3H3/b25-16+. The molecule has 0 spiro atoms. The largest absolute Gasteiger partial charge is 0.493 e. The van der Waals surface area contributed by atoms with Gasteiger partial charge in [-0.05, 0) is 53.9 Å². The van der Waals surface area contributed by atoms with E-state index in [1.54, 1.807) is 37.7 Å². The van der Waals surface area contributed by atoms with Crippen LogP contribution in [0.5, 0.6) is 11.5 Å². The molecule has 0 saturated carbocycles. The molecule has 0 bridgehead atoms. The molecule has 4 aromatic rings. The number of pyridine rings is 1. The summed E-state index contributed by atoms with van der Waals surface area (Å²) >= 11 is 0. The van der Waals surface area contributed by atoms with E-state index in [9.17, 15) is 14.8 Å². The molecule has 1 aliphatic heterocycles. The summed E-state index contributed by atoms with van der Waals surface area (Å²) in [5, 5.41) is 21.2. The molecule has 2 aromatic carbocycles. The van der Waals surface area contributed by atoms with Gasteiger partial charge in [-0.2, -0.15) is 5.26 Å². The first kappa shape index (κ1) is 23.5. The molecule has 5 rings (SSSR count). The highest BCUT2D eigenvalue weighted by Crippen LogP contribution is 2.40. The van der Waals surface area contributed by atoms with Crippen LogP contribution in [0.2, 0.25) is 0 Å². The minimum atomic E-state index is -1.03. The molecule has 1 aliphatic rings. The Labute approximate surface area is 207 Å². The molecule has 8 heteroatoms. The number of methoxy groups -OCH3 is 2. The number of hydrogen-bond acceptors (Lipinski definition) is 6. The van der Waals surface area contributed by atoms with E-state index < -0.39 is 11.9 Å². The molecule has 0 saturated heterocycles. The first-order valence-corrected chi connectivity index (χ1v) is 11.3. The van der Waals surface area contributed by atoms with Crippen molar-refractivity contribution in [2.75, 3.05) is 14.2 Å². The second-order valence-corrected chi connectivity index (χ2v) is 8.51. The van der Waals surface area contributed by atoms with Crippen molar-refractivity contribution in [3.05, 3.63) is 99.8 Å². The lowest BCUT2D eigenvalue weighted by atomic mass is 9.89. The Hall–Kier alpha value is -4.19. The van der Waals surface area contributed by atoms with Gasteiger partial charge in [0.2, 0.25) is 0 Å². The maximum Gasteiger partial charge on any atom is 0.180 e. The van der Waals surface area contributed by atoms with E-state index in [2.05, 4.69) is 11.1 Å². The quantitative estimate of drug-likeness (QED) is 0.403. The van der Waals surface area contributed by atoms with E-state index in [-0.39, 0.29) is 13.2 Å². The Bertz CT molecular complexity index is 1550. The third-order valence-corrected chi connectivity index (χ3v) is 6.34. The van der Waals surface area contributed by atoms with Crippen LogP contribution in [0.3, 0.4) is 0 Å². The average molecular weight is 486 g/mol. The number of aliphatic hydroxyl groups is 1. The van der Waals surface area contributed by atoms with Crippen LogP contribution in [0.1, 0.15) is 46.7 Å². The van der Waals surface area contributed by atoms with Crippen molar-refractivity contribution < 1.29 is 23.7 Å². The van der Waals surface area contributed by atoms with E-state index in [0.717, 1.165) is 11.1 Å². The van der Waals surface area contributed by atoms with Crippen LogP contribution in [0.25, 0.3) is 11.2 Å². The SMILES string of the molecule is COCc1nc2c(OC)cccn2c1C(O)c1ccc2c(c1)COc1cc(F)ccc1/C2=C(\C)C#N. The van der Waals surface area contributed by atoms with E-state index in [4.69, 9.17) is 14.2 Å². The van der Waals surface area contributed by atoms with E-state index in [1.807, 2.05) is 30.5 Å². The van der Waals surface area contributed by atoms with Gasteiger partial charge >= 0.3 is 0 Å². The fraction of sp³-hybridized carbons (Fsp3) is 0.214. The molecule has 0 amide bonds. The van der Waals surface area contributed by atoms with Gasteiger partial charge in [0, 0.05) is 36.1 Å². The lowest BCUT2D eigenvalue weighted by molar-refractivity contribution is 0.172. The molecule has 182 valence electrons. The van der Waals surface area contributed by atoms with Crippen LogP contribution in [0, 0.1) is 17.1 Å². The molecule has 36 heavy (non-hydrogen) atoms. The van der Waals surface area contributed by atoms with Gasteiger partial charge in [0.15, 0.2) is 11.4 Å². The summed E-state index contributed by atoms with van der Waals surface area (Å²) in [4.78, 5) is 4.65. The summed E-state index contributed by atoms with van der Waals surface area (Å²) in [5.41, 5.74) is 5.73. The zero-order valence-electron chi connectivity index (χ0n) is 20.1. The number of benzene rings is 2. The topological polar surface area (TPSA) is 89.0 Å². The Morgan fingerprint density at radius 3 is 2.78 bits per heavy atom. The lowest BCUT2D eigenvalue weighted by Gasteiger charge is -2.17. The minimum Gasteiger partial charge on any atom is -0.493 e. The maximum atomic E-state index is 14.0. The summed E-state index contributed by atoms with van der Waals surface area (Å²) in [6, 6.07) is 15.7. The van der Waals surface area contributed by atoms with Gasteiger partial charge in [-0.1, -0.05) is 12.1 Å². The van der Waals surface area contributed by atoms with Crippen LogP contribution < -0.4 is 9.47 Å². The number of imidazole rings is 1.